The Labute approximate surface area is 205 Å². The van der Waals surface area contributed by atoms with Crippen molar-refractivity contribution in [1.29, 1.82) is 0 Å². The molecule has 0 fully saturated rings. The number of hydrogen-bond donors (Lipinski definition) is 0. The maximum Gasteiger partial charge on any atom is 0.162 e. The van der Waals surface area contributed by atoms with Gasteiger partial charge in [0.25, 0.3) is 0 Å². The van der Waals surface area contributed by atoms with E-state index in [1.165, 1.54) is 11.1 Å². The molecular weight excluding hydrogens is 442 g/mol. The van der Waals surface area contributed by atoms with Crippen molar-refractivity contribution in [2.75, 3.05) is 38.9 Å². The minimum atomic E-state index is 0.510. The molecule has 0 unspecified atom stereocenters. The van der Waals surface area contributed by atoms with E-state index in [9.17, 15) is 0 Å². The van der Waals surface area contributed by atoms with Crippen molar-refractivity contribution >= 4 is 16.6 Å². The molecule has 0 amide bonds. The number of methoxy groups -OCH3 is 2. The number of hydrogen-bond acceptors (Lipinski definition) is 7. The van der Waals surface area contributed by atoms with Crippen LogP contribution >= 0.6 is 0 Å². The Bertz CT molecular complexity index is 1300. The van der Waals surface area contributed by atoms with Gasteiger partial charge in [0.15, 0.2) is 11.5 Å². The average Bonchev–Trinajstić information content (AvgIpc) is 2.91. The zero-order valence-electron chi connectivity index (χ0n) is 20.1. The average molecular weight is 472 g/mol. The van der Waals surface area contributed by atoms with E-state index in [4.69, 9.17) is 18.9 Å². The van der Waals surface area contributed by atoms with Gasteiger partial charge < -0.3 is 23.8 Å². The van der Waals surface area contributed by atoms with Gasteiger partial charge in [0, 0.05) is 24.5 Å². The highest BCUT2D eigenvalue weighted by Crippen LogP contribution is 2.37. The van der Waals surface area contributed by atoms with Gasteiger partial charge in [0.1, 0.15) is 12.4 Å². The quantitative estimate of drug-likeness (QED) is 0.325. The molecule has 0 saturated carbocycles. The van der Waals surface area contributed by atoms with Crippen LogP contribution in [0.2, 0.25) is 0 Å². The molecule has 0 atom stereocenters. The fourth-order valence-electron chi connectivity index (χ4n) is 4.44. The first kappa shape index (κ1) is 22.9. The summed E-state index contributed by atoms with van der Waals surface area (Å²) in [5.74, 6) is 2.18. The lowest BCUT2D eigenvalue weighted by Crippen LogP contribution is -2.30. The predicted octanol–water partition coefficient (Wildman–Crippen LogP) is 4.81. The standard InChI is InChI=1S/C28H29N3O4/c1-32-27-15-24-25(16-28(27)33-2)30-29-17-26(24)31-11-10-21-8-9-23(14-22(21)18-31)35-13-12-34-19-20-6-4-3-5-7-20/h3-9,14-17H,10-13,18-19H2,1-2H3. The van der Waals surface area contributed by atoms with Gasteiger partial charge in [-0.15, -0.1) is 0 Å². The number of benzene rings is 3. The first-order chi connectivity index (χ1) is 17.2. The summed E-state index contributed by atoms with van der Waals surface area (Å²) in [6.45, 7) is 3.31. The van der Waals surface area contributed by atoms with E-state index in [-0.39, 0.29) is 0 Å². The smallest absolute Gasteiger partial charge is 0.162 e. The molecule has 7 heteroatoms. The molecule has 1 aliphatic rings. The summed E-state index contributed by atoms with van der Waals surface area (Å²) in [6.07, 6.45) is 2.77. The van der Waals surface area contributed by atoms with Crippen LogP contribution in [0.4, 0.5) is 5.69 Å². The molecule has 3 aromatic carbocycles. The number of rotatable bonds is 9. The lowest BCUT2D eigenvalue weighted by Gasteiger charge is -2.31. The van der Waals surface area contributed by atoms with Crippen molar-refractivity contribution in [2.24, 2.45) is 0 Å². The van der Waals surface area contributed by atoms with Crippen molar-refractivity contribution in [3.05, 3.63) is 83.6 Å². The van der Waals surface area contributed by atoms with Gasteiger partial charge in [-0.3, -0.25) is 0 Å². The monoisotopic (exact) mass is 471 g/mol. The number of anilines is 1. The van der Waals surface area contributed by atoms with Crippen molar-refractivity contribution in [3.8, 4) is 17.2 Å². The van der Waals surface area contributed by atoms with Crippen LogP contribution in [0, 0.1) is 0 Å². The Morgan fingerprint density at radius 3 is 2.54 bits per heavy atom. The lowest BCUT2D eigenvalue weighted by molar-refractivity contribution is 0.0889. The molecule has 1 aliphatic heterocycles. The minimum absolute atomic E-state index is 0.510. The van der Waals surface area contributed by atoms with Crippen molar-refractivity contribution in [2.45, 2.75) is 19.6 Å². The second kappa shape index (κ2) is 10.6. The third-order valence-corrected chi connectivity index (χ3v) is 6.26. The largest absolute Gasteiger partial charge is 0.493 e. The Hall–Kier alpha value is -3.84. The normalized spacial score (nSPS) is 12.9. The van der Waals surface area contributed by atoms with E-state index in [0.29, 0.717) is 31.3 Å². The van der Waals surface area contributed by atoms with Crippen molar-refractivity contribution < 1.29 is 18.9 Å². The summed E-state index contributed by atoms with van der Waals surface area (Å²) >= 11 is 0. The number of aromatic nitrogens is 2. The maximum atomic E-state index is 5.98. The molecule has 0 bridgehead atoms. The Kier molecular flexibility index (Phi) is 6.95. The molecule has 0 N–H and O–H groups in total. The van der Waals surface area contributed by atoms with E-state index >= 15 is 0 Å². The summed E-state index contributed by atoms with van der Waals surface area (Å²) in [5.41, 5.74) is 5.57. The highest BCUT2D eigenvalue weighted by atomic mass is 16.5. The van der Waals surface area contributed by atoms with Crippen LogP contribution < -0.4 is 19.1 Å². The van der Waals surface area contributed by atoms with Crippen molar-refractivity contribution in [1.82, 2.24) is 10.2 Å². The van der Waals surface area contributed by atoms with Gasteiger partial charge in [-0.2, -0.15) is 10.2 Å². The summed E-state index contributed by atoms with van der Waals surface area (Å²) in [5, 5.41) is 9.54. The molecule has 5 rings (SSSR count). The molecule has 7 nitrogen and oxygen atoms in total. The summed E-state index contributed by atoms with van der Waals surface area (Å²) in [6, 6.07) is 20.4. The predicted molar refractivity (Wildman–Crippen MR) is 135 cm³/mol. The van der Waals surface area contributed by atoms with Crippen LogP contribution in [0.3, 0.4) is 0 Å². The number of nitrogens with zero attached hydrogens (tertiary/aromatic N) is 3. The van der Waals surface area contributed by atoms with Gasteiger partial charge in [0.05, 0.1) is 44.8 Å². The molecule has 0 spiro atoms. The number of ether oxygens (including phenoxy) is 4. The van der Waals surface area contributed by atoms with Crippen LogP contribution in [-0.2, 0) is 24.3 Å². The van der Waals surface area contributed by atoms with E-state index in [2.05, 4.69) is 39.4 Å². The van der Waals surface area contributed by atoms with Gasteiger partial charge in [-0.25, -0.2) is 0 Å². The van der Waals surface area contributed by atoms with Crippen LogP contribution in [0.5, 0.6) is 17.2 Å². The Morgan fingerprint density at radius 1 is 0.886 bits per heavy atom. The maximum absolute atomic E-state index is 5.98. The first-order valence-electron chi connectivity index (χ1n) is 11.7. The summed E-state index contributed by atoms with van der Waals surface area (Å²) in [4.78, 5) is 2.33. The topological polar surface area (TPSA) is 65.9 Å². The Morgan fingerprint density at radius 2 is 1.71 bits per heavy atom. The first-order valence-corrected chi connectivity index (χ1v) is 11.7. The second-order valence-electron chi connectivity index (χ2n) is 8.44. The third-order valence-electron chi connectivity index (χ3n) is 6.26. The molecule has 1 aromatic heterocycles. The summed E-state index contributed by atoms with van der Waals surface area (Å²) < 4.78 is 22.7. The minimum Gasteiger partial charge on any atom is -0.493 e. The van der Waals surface area contributed by atoms with Gasteiger partial charge in [-0.1, -0.05) is 36.4 Å². The lowest BCUT2D eigenvalue weighted by atomic mass is 9.98. The van der Waals surface area contributed by atoms with Crippen LogP contribution in [0.25, 0.3) is 10.9 Å². The fraction of sp³-hybridized carbons (Fsp3) is 0.286. The highest BCUT2D eigenvalue weighted by Gasteiger charge is 2.21. The van der Waals surface area contributed by atoms with E-state index in [0.717, 1.165) is 47.4 Å². The third kappa shape index (κ3) is 5.15. The zero-order chi connectivity index (χ0) is 24.0. The van der Waals surface area contributed by atoms with E-state index < -0.39 is 0 Å². The SMILES string of the molecule is COc1cc2nncc(N3CCc4ccc(OCCOCc5ccccc5)cc4C3)c2cc1OC. The Balaban J connectivity index is 1.26. The molecule has 0 aliphatic carbocycles. The molecular formula is C28H29N3O4. The second-order valence-corrected chi connectivity index (χ2v) is 8.44. The number of fused-ring (bicyclic) bond motifs is 2. The molecule has 4 aromatic rings. The highest BCUT2D eigenvalue weighted by molar-refractivity contribution is 5.93. The molecule has 180 valence electrons. The van der Waals surface area contributed by atoms with Gasteiger partial charge >= 0.3 is 0 Å². The summed E-state index contributed by atoms with van der Waals surface area (Å²) in [7, 11) is 3.26. The fourth-order valence-corrected chi connectivity index (χ4v) is 4.44. The molecule has 0 radical (unpaired) electrons. The van der Waals surface area contributed by atoms with Crippen LogP contribution in [0.15, 0.2) is 66.9 Å². The van der Waals surface area contributed by atoms with Gasteiger partial charge in [0.2, 0.25) is 0 Å². The van der Waals surface area contributed by atoms with E-state index in [1.54, 1.807) is 14.2 Å². The van der Waals surface area contributed by atoms with Gasteiger partial charge in [-0.05, 0) is 41.3 Å². The zero-order valence-corrected chi connectivity index (χ0v) is 20.1. The molecule has 2 heterocycles. The van der Waals surface area contributed by atoms with Crippen molar-refractivity contribution in [3.63, 3.8) is 0 Å². The van der Waals surface area contributed by atoms with E-state index in [1.807, 2.05) is 42.6 Å². The van der Waals surface area contributed by atoms with Crippen LogP contribution in [-0.4, -0.2) is 44.2 Å². The molecule has 35 heavy (non-hydrogen) atoms. The van der Waals surface area contributed by atoms with Crippen LogP contribution in [0.1, 0.15) is 16.7 Å². The molecule has 0 saturated heterocycles.